The Labute approximate surface area is 280 Å². The van der Waals surface area contributed by atoms with E-state index in [1.54, 1.807) is 24.3 Å². The quantitative estimate of drug-likeness (QED) is 0.137. The third kappa shape index (κ3) is 10.5. The molecule has 0 bridgehead atoms. The van der Waals surface area contributed by atoms with Crippen LogP contribution in [0, 0.1) is 0 Å². The van der Waals surface area contributed by atoms with Crippen molar-refractivity contribution in [3.05, 3.63) is 130 Å². The summed E-state index contributed by atoms with van der Waals surface area (Å²) in [6.45, 7) is 2.53. The van der Waals surface area contributed by atoms with E-state index >= 15 is 0 Å². The van der Waals surface area contributed by atoms with Crippen LogP contribution in [0.15, 0.2) is 114 Å². The molecule has 0 heterocycles. The molecule has 4 rings (SSSR count). The van der Waals surface area contributed by atoms with Crippen LogP contribution in [0.5, 0.6) is 5.75 Å². The molecule has 0 saturated heterocycles. The van der Waals surface area contributed by atoms with Gasteiger partial charge in [-0.15, -0.1) is 0 Å². The first-order chi connectivity index (χ1) is 22.1. The number of sulfonamides is 1. The summed E-state index contributed by atoms with van der Waals surface area (Å²) >= 11 is 3.45. The summed E-state index contributed by atoms with van der Waals surface area (Å²) in [7, 11) is -3.88. The number of benzene rings is 4. The van der Waals surface area contributed by atoms with Gasteiger partial charge in [-0.2, -0.15) is 0 Å². The first-order valence-corrected chi connectivity index (χ1v) is 17.9. The maximum Gasteiger partial charge on any atom is 0.244 e. The highest BCUT2D eigenvalue weighted by atomic mass is 79.9. The van der Waals surface area contributed by atoms with Crippen LogP contribution in [0.2, 0.25) is 0 Å². The Bertz CT molecular complexity index is 1650. The average molecular weight is 707 g/mol. The number of amides is 2. The molecule has 1 unspecified atom stereocenters. The predicted molar refractivity (Wildman–Crippen MR) is 186 cm³/mol. The number of nitrogens with one attached hydrogen (secondary N) is 1. The summed E-state index contributed by atoms with van der Waals surface area (Å²) < 4.78 is 34.0. The fourth-order valence-corrected chi connectivity index (χ4v) is 6.02. The van der Waals surface area contributed by atoms with Crippen molar-refractivity contribution < 1.29 is 22.7 Å². The van der Waals surface area contributed by atoms with E-state index < -0.39 is 28.5 Å². The molecule has 0 aliphatic carbocycles. The van der Waals surface area contributed by atoms with Crippen LogP contribution in [0.3, 0.4) is 0 Å². The summed E-state index contributed by atoms with van der Waals surface area (Å²) in [4.78, 5) is 29.4. The summed E-state index contributed by atoms with van der Waals surface area (Å²) in [5.41, 5.74) is 3.02. The van der Waals surface area contributed by atoms with Crippen LogP contribution in [0.1, 0.15) is 36.5 Å². The van der Waals surface area contributed by atoms with E-state index in [0.717, 1.165) is 44.6 Å². The molecule has 0 saturated carbocycles. The second-order valence-electron chi connectivity index (χ2n) is 11.0. The number of nitrogens with zero attached hydrogens (tertiary/aromatic N) is 2. The SMILES string of the molecule is CCCCNC(=O)C(Cc1ccccc1)N(Cc1ccc(Br)cc1)C(=O)CN(c1ccc(OCc2ccccc2)cc1)S(C)(=O)=O. The molecule has 2 amide bonds. The molecule has 0 spiro atoms. The second kappa shape index (κ2) is 17.0. The summed E-state index contributed by atoms with van der Waals surface area (Å²) in [6, 6.07) is 32.4. The van der Waals surface area contributed by atoms with Gasteiger partial charge in [0.2, 0.25) is 21.8 Å². The maximum absolute atomic E-state index is 14.2. The standard InChI is InChI=1S/C36H40BrN3O5S/c1-3-4-23-38-36(42)34(24-28-11-7-5-8-12-28)39(25-29-15-17-31(37)18-16-29)35(41)26-40(46(2,43)44)32-19-21-33(22-20-32)45-27-30-13-9-6-10-14-30/h5-22,34H,3-4,23-27H2,1-2H3,(H,38,42). The number of carbonyl (C=O) groups excluding carboxylic acids is 2. The van der Waals surface area contributed by atoms with E-state index in [4.69, 9.17) is 4.74 Å². The predicted octanol–water partition coefficient (Wildman–Crippen LogP) is 6.35. The zero-order chi connectivity index (χ0) is 32.9. The molecule has 0 aromatic heterocycles. The van der Waals surface area contributed by atoms with Crippen LogP contribution < -0.4 is 14.4 Å². The normalized spacial score (nSPS) is 11.8. The van der Waals surface area contributed by atoms with Gasteiger partial charge in [-0.05, 0) is 59.5 Å². The minimum Gasteiger partial charge on any atom is -0.489 e. The third-order valence-corrected chi connectivity index (χ3v) is 9.09. The topological polar surface area (TPSA) is 96.0 Å². The molecule has 46 heavy (non-hydrogen) atoms. The molecular formula is C36H40BrN3O5S. The molecule has 242 valence electrons. The van der Waals surface area contributed by atoms with Gasteiger partial charge in [0.05, 0.1) is 11.9 Å². The number of halogens is 1. The first-order valence-electron chi connectivity index (χ1n) is 15.2. The molecule has 0 fully saturated rings. The van der Waals surface area contributed by atoms with Crippen LogP contribution in [0.25, 0.3) is 0 Å². The molecule has 0 radical (unpaired) electrons. The Hall–Kier alpha value is -4.15. The highest BCUT2D eigenvalue weighted by Gasteiger charge is 2.33. The fourth-order valence-electron chi connectivity index (χ4n) is 4.91. The first kappa shape index (κ1) is 34.7. The molecule has 4 aromatic carbocycles. The number of carbonyl (C=O) groups is 2. The lowest BCUT2D eigenvalue weighted by Crippen LogP contribution is -2.53. The largest absolute Gasteiger partial charge is 0.489 e. The Balaban J connectivity index is 1.63. The Morgan fingerprint density at radius 3 is 2.02 bits per heavy atom. The number of unbranched alkanes of at least 4 members (excludes halogenated alkanes) is 1. The van der Waals surface area contributed by atoms with E-state index in [2.05, 4.69) is 21.2 Å². The van der Waals surface area contributed by atoms with Crippen molar-refractivity contribution in [1.82, 2.24) is 10.2 Å². The number of hydrogen-bond donors (Lipinski definition) is 1. The van der Waals surface area contributed by atoms with Crippen LogP contribution >= 0.6 is 15.9 Å². The second-order valence-corrected chi connectivity index (χ2v) is 13.9. The minimum atomic E-state index is -3.88. The van der Waals surface area contributed by atoms with Gasteiger partial charge in [0.15, 0.2) is 0 Å². The van der Waals surface area contributed by atoms with Crippen LogP contribution in [0.4, 0.5) is 5.69 Å². The average Bonchev–Trinajstić information content (AvgIpc) is 3.06. The molecule has 0 aliphatic rings. The third-order valence-electron chi connectivity index (χ3n) is 7.42. The Morgan fingerprint density at radius 2 is 1.43 bits per heavy atom. The monoisotopic (exact) mass is 705 g/mol. The van der Waals surface area contributed by atoms with E-state index in [0.29, 0.717) is 24.6 Å². The van der Waals surface area contributed by atoms with Gasteiger partial charge in [0, 0.05) is 24.0 Å². The summed E-state index contributed by atoms with van der Waals surface area (Å²) in [5.74, 6) is -0.214. The van der Waals surface area contributed by atoms with Crippen molar-refractivity contribution in [3.8, 4) is 5.75 Å². The van der Waals surface area contributed by atoms with E-state index in [-0.39, 0.29) is 18.9 Å². The Morgan fingerprint density at radius 1 is 0.826 bits per heavy atom. The lowest BCUT2D eigenvalue weighted by atomic mass is 10.0. The van der Waals surface area contributed by atoms with Crippen LogP contribution in [-0.4, -0.2) is 50.5 Å². The minimum absolute atomic E-state index is 0.120. The zero-order valence-corrected chi connectivity index (χ0v) is 28.5. The van der Waals surface area contributed by atoms with Crippen LogP contribution in [-0.2, 0) is 39.2 Å². The molecule has 1 atom stereocenters. The van der Waals surface area contributed by atoms with Crippen molar-refractivity contribution in [2.75, 3.05) is 23.7 Å². The van der Waals surface area contributed by atoms with Gasteiger partial charge in [0.1, 0.15) is 24.9 Å². The smallest absolute Gasteiger partial charge is 0.244 e. The highest BCUT2D eigenvalue weighted by Crippen LogP contribution is 2.24. The lowest BCUT2D eigenvalue weighted by molar-refractivity contribution is -0.140. The fraction of sp³-hybridized carbons (Fsp3) is 0.278. The number of ether oxygens (including phenoxy) is 1. The van der Waals surface area contributed by atoms with Crippen molar-refractivity contribution >= 4 is 43.5 Å². The van der Waals surface area contributed by atoms with E-state index in [9.17, 15) is 18.0 Å². The van der Waals surface area contributed by atoms with E-state index in [1.165, 1.54) is 4.90 Å². The molecule has 10 heteroatoms. The van der Waals surface area contributed by atoms with Gasteiger partial charge in [-0.3, -0.25) is 13.9 Å². The summed E-state index contributed by atoms with van der Waals surface area (Å²) in [6.07, 6.45) is 3.05. The molecule has 8 nitrogen and oxygen atoms in total. The molecular weight excluding hydrogens is 666 g/mol. The molecule has 1 N–H and O–H groups in total. The maximum atomic E-state index is 14.2. The Kier molecular flexibility index (Phi) is 12.8. The highest BCUT2D eigenvalue weighted by molar-refractivity contribution is 9.10. The van der Waals surface area contributed by atoms with Crippen molar-refractivity contribution in [1.29, 1.82) is 0 Å². The number of rotatable bonds is 16. The van der Waals surface area contributed by atoms with Crippen molar-refractivity contribution in [3.63, 3.8) is 0 Å². The van der Waals surface area contributed by atoms with Crippen molar-refractivity contribution in [2.24, 2.45) is 0 Å². The van der Waals surface area contributed by atoms with Gasteiger partial charge < -0.3 is 15.0 Å². The number of hydrogen-bond acceptors (Lipinski definition) is 5. The lowest BCUT2D eigenvalue weighted by Gasteiger charge is -2.33. The van der Waals surface area contributed by atoms with Gasteiger partial charge in [-0.1, -0.05) is 102 Å². The summed E-state index contributed by atoms with van der Waals surface area (Å²) in [5, 5.41) is 2.99. The van der Waals surface area contributed by atoms with E-state index in [1.807, 2.05) is 91.9 Å². The number of anilines is 1. The molecule has 0 aliphatic heterocycles. The van der Waals surface area contributed by atoms with Crippen molar-refractivity contribution in [2.45, 2.75) is 45.4 Å². The van der Waals surface area contributed by atoms with Gasteiger partial charge in [0.25, 0.3) is 0 Å². The molecule has 4 aromatic rings. The van der Waals surface area contributed by atoms with Gasteiger partial charge >= 0.3 is 0 Å². The zero-order valence-electron chi connectivity index (χ0n) is 26.1. The van der Waals surface area contributed by atoms with Gasteiger partial charge in [-0.25, -0.2) is 8.42 Å².